The molecule has 0 aliphatic rings. The molecule has 0 bridgehead atoms. The van der Waals surface area contributed by atoms with Gasteiger partial charge in [0, 0.05) is 29.9 Å². The summed E-state index contributed by atoms with van der Waals surface area (Å²) < 4.78 is 10.7. The Morgan fingerprint density at radius 1 is 1.32 bits per heavy atom. The highest BCUT2D eigenvalue weighted by Gasteiger charge is 2.08. The van der Waals surface area contributed by atoms with Crippen molar-refractivity contribution >= 4 is 11.8 Å². The van der Waals surface area contributed by atoms with Crippen LogP contribution in [0.3, 0.4) is 0 Å². The molecule has 1 rings (SSSR count). The molecule has 0 aromatic heterocycles. The van der Waals surface area contributed by atoms with Crippen LogP contribution >= 0.6 is 11.8 Å². The van der Waals surface area contributed by atoms with Crippen molar-refractivity contribution in [2.45, 2.75) is 30.4 Å². The lowest BCUT2D eigenvalue weighted by Crippen LogP contribution is -2.24. The van der Waals surface area contributed by atoms with Gasteiger partial charge in [0.05, 0.1) is 7.11 Å². The van der Waals surface area contributed by atoms with Crippen molar-refractivity contribution < 1.29 is 9.47 Å². The van der Waals surface area contributed by atoms with E-state index in [-0.39, 0.29) is 0 Å². The summed E-state index contributed by atoms with van der Waals surface area (Å²) in [6.07, 6.45) is 1.07. The van der Waals surface area contributed by atoms with E-state index in [1.807, 2.05) is 36.9 Å². The number of hydrogen-bond acceptors (Lipinski definition) is 4. The highest BCUT2D eigenvalue weighted by atomic mass is 32.2. The van der Waals surface area contributed by atoms with Gasteiger partial charge in [-0.2, -0.15) is 0 Å². The monoisotopic (exact) mass is 283 g/mol. The van der Waals surface area contributed by atoms with Crippen molar-refractivity contribution in [2.75, 3.05) is 33.4 Å². The molecule has 1 aromatic carbocycles. The van der Waals surface area contributed by atoms with Crippen LogP contribution in [0.4, 0.5) is 0 Å². The molecule has 1 aromatic rings. The maximum Gasteiger partial charge on any atom is 0.132 e. The molecule has 1 unspecified atom stereocenters. The van der Waals surface area contributed by atoms with Crippen LogP contribution in [0, 0.1) is 0 Å². The first-order valence-corrected chi connectivity index (χ1v) is 7.74. The quantitative estimate of drug-likeness (QED) is 0.528. The number of rotatable bonds is 10. The maximum absolute atomic E-state index is 5.36. The molecule has 0 spiro atoms. The van der Waals surface area contributed by atoms with Crippen LogP contribution in [-0.4, -0.2) is 38.7 Å². The van der Waals surface area contributed by atoms with Crippen molar-refractivity contribution in [3.05, 3.63) is 24.3 Å². The number of methoxy groups -OCH3 is 1. The van der Waals surface area contributed by atoms with Gasteiger partial charge >= 0.3 is 0 Å². The van der Waals surface area contributed by atoms with Gasteiger partial charge in [0.15, 0.2) is 0 Å². The first-order chi connectivity index (χ1) is 9.27. The normalized spacial score (nSPS) is 12.4. The van der Waals surface area contributed by atoms with E-state index in [1.54, 1.807) is 7.11 Å². The third-order valence-corrected chi connectivity index (χ3v) is 3.84. The van der Waals surface area contributed by atoms with Gasteiger partial charge in [-0.3, -0.25) is 0 Å². The summed E-state index contributed by atoms with van der Waals surface area (Å²) in [5.41, 5.74) is 0. The minimum atomic E-state index is 0.517. The van der Waals surface area contributed by atoms with E-state index in [0.717, 1.165) is 38.5 Å². The Hall–Kier alpha value is -0.710. The second-order valence-electron chi connectivity index (χ2n) is 4.33. The molecular weight excluding hydrogens is 258 g/mol. The Morgan fingerprint density at radius 2 is 2.11 bits per heavy atom. The third-order valence-electron chi connectivity index (χ3n) is 2.68. The first kappa shape index (κ1) is 16.3. The number of nitrogens with one attached hydrogen (secondary N) is 1. The fourth-order valence-electron chi connectivity index (χ4n) is 1.72. The van der Waals surface area contributed by atoms with Crippen molar-refractivity contribution in [1.29, 1.82) is 0 Å². The number of hydrogen-bond donors (Lipinski definition) is 1. The van der Waals surface area contributed by atoms with Crippen molar-refractivity contribution in [3.8, 4) is 5.75 Å². The number of para-hydroxylation sites is 1. The summed E-state index contributed by atoms with van der Waals surface area (Å²) in [5, 5.41) is 3.98. The second kappa shape index (κ2) is 10.1. The molecule has 0 saturated heterocycles. The number of thioether (sulfide) groups is 1. The standard InChI is InChI=1S/C15H25NO2S/c1-4-18-11-7-10-16-12-13(2)19-15-9-6-5-8-14(15)17-3/h5-6,8-9,13,16H,4,7,10-12H2,1-3H3. The van der Waals surface area contributed by atoms with E-state index in [4.69, 9.17) is 9.47 Å². The van der Waals surface area contributed by atoms with Gasteiger partial charge in [0.25, 0.3) is 0 Å². The summed E-state index contributed by atoms with van der Waals surface area (Å²) in [4.78, 5) is 1.20. The Balaban J connectivity index is 2.21. The van der Waals surface area contributed by atoms with Gasteiger partial charge < -0.3 is 14.8 Å². The number of ether oxygens (including phenoxy) is 2. The summed E-state index contributed by atoms with van der Waals surface area (Å²) in [6.45, 7) is 7.91. The van der Waals surface area contributed by atoms with Gasteiger partial charge in [-0.1, -0.05) is 19.1 Å². The molecule has 0 aliphatic carbocycles. The zero-order valence-corrected chi connectivity index (χ0v) is 13.0. The van der Waals surface area contributed by atoms with Crippen LogP contribution in [-0.2, 0) is 4.74 Å². The molecule has 0 radical (unpaired) electrons. The Labute approximate surface area is 121 Å². The molecule has 1 N–H and O–H groups in total. The molecule has 0 aliphatic heterocycles. The van der Waals surface area contributed by atoms with Crippen LogP contribution in [0.1, 0.15) is 20.3 Å². The van der Waals surface area contributed by atoms with E-state index < -0.39 is 0 Å². The predicted molar refractivity (Wildman–Crippen MR) is 82.3 cm³/mol. The van der Waals surface area contributed by atoms with E-state index in [0.29, 0.717) is 5.25 Å². The molecule has 0 fully saturated rings. The van der Waals surface area contributed by atoms with Gasteiger partial charge in [-0.15, -0.1) is 11.8 Å². The van der Waals surface area contributed by atoms with Crippen molar-refractivity contribution in [2.24, 2.45) is 0 Å². The van der Waals surface area contributed by atoms with Crippen LogP contribution < -0.4 is 10.1 Å². The fourth-order valence-corrected chi connectivity index (χ4v) is 2.78. The topological polar surface area (TPSA) is 30.5 Å². The third kappa shape index (κ3) is 6.85. The Kier molecular flexibility index (Phi) is 8.71. The summed E-state index contributed by atoms with van der Waals surface area (Å²) in [7, 11) is 1.72. The minimum absolute atomic E-state index is 0.517. The maximum atomic E-state index is 5.36. The van der Waals surface area contributed by atoms with Gasteiger partial charge in [0.1, 0.15) is 5.75 Å². The highest BCUT2D eigenvalue weighted by Crippen LogP contribution is 2.31. The van der Waals surface area contributed by atoms with Crippen LogP contribution in [0.2, 0.25) is 0 Å². The van der Waals surface area contributed by atoms with Crippen LogP contribution in [0.5, 0.6) is 5.75 Å². The molecule has 1 atom stereocenters. The molecule has 0 saturated carbocycles. The molecule has 4 heteroatoms. The molecule has 108 valence electrons. The average molecular weight is 283 g/mol. The minimum Gasteiger partial charge on any atom is -0.496 e. The second-order valence-corrected chi connectivity index (χ2v) is 5.81. The lowest BCUT2D eigenvalue weighted by molar-refractivity contribution is 0.145. The molecule has 0 heterocycles. The SMILES string of the molecule is CCOCCCNCC(C)Sc1ccccc1OC. The largest absolute Gasteiger partial charge is 0.496 e. The Bertz CT molecular complexity index is 347. The molecule has 0 amide bonds. The predicted octanol–water partition coefficient (Wildman–Crippen LogP) is 3.19. The molecular formula is C15H25NO2S. The summed E-state index contributed by atoms with van der Waals surface area (Å²) >= 11 is 1.84. The lowest BCUT2D eigenvalue weighted by Gasteiger charge is -2.14. The lowest BCUT2D eigenvalue weighted by atomic mass is 10.3. The van der Waals surface area contributed by atoms with E-state index in [9.17, 15) is 0 Å². The van der Waals surface area contributed by atoms with Gasteiger partial charge in [-0.05, 0) is 32.0 Å². The molecule has 3 nitrogen and oxygen atoms in total. The van der Waals surface area contributed by atoms with Gasteiger partial charge in [0.2, 0.25) is 0 Å². The van der Waals surface area contributed by atoms with E-state index >= 15 is 0 Å². The van der Waals surface area contributed by atoms with Gasteiger partial charge in [-0.25, -0.2) is 0 Å². The van der Waals surface area contributed by atoms with E-state index in [2.05, 4.69) is 18.3 Å². The zero-order chi connectivity index (χ0) is 13.9. The summed E-state index contributed by atoms with van der Waals surface area (Å²) in [6, 6.07) is 8.16. The average Bonchev–Trinajstić information content (AvgIpc) is 2.43. The number of benzene rings is 1. The first-order valence-electron chi connectivity index (χ1n) is 6.86. The van der Waals surface area contributed by atoms with Crippen LogP contribution in [0.25, 0.3) is 0 Å². The van der Waals surface area contributed by atoms with Crippen molar-refractivity contribution in [3.63, 3.8) is 0 Å². The molecule has 19 heavy (non-hydrogen) atoms. The van der Waals surface area contributed by atoms with Crippen LogP contribution in [0.15, 0.2) is 29.2 Å². The fraction of sp³-hybridized carbons (Fsp3) is 0.600. The summed E-state index contributed by atoms with van der Waals surface area (Å²) in [5.74, 6) is 0.954. The zero-order valence-electron chi connectivity index (χ0n) is 12.1. The highest BCUT2D eigenvalue weighted by molar-refractivity contribution is 8.00. The van der Waals surface area contributed by atoms with Crippen molar-refractivity contribution in [1.82, 2.24) is 5.32 Å². The Morgan fingerprint density at radius 3 is 2.84 bits per heavy atom. The smallest absolute Gasteiger partial charge is 0.132 e. The van der Waals surface area contributed by atoms with E-state index in [1.165, 1.54) is 4.90 Å².